The number of amides is 1. The van der Waals surface area contributed by atoms with Crippen LogP contribution in [0.2, 0.25) is 5.02 Å². The van der Waals surface area contributed by atoms with Gasteiger partial charge in [-0.3, -0.25) is 14.9 Å². The van der Waals surface area contributed by atoms with Crippen LogP contribution in [0.25, 0.3) is 0 Å². The standard InChI is InChI=1S/C21H17ClN2O3/c1-14-7-9-16(10-8-14)20(15-5-3-2-4-6-15)23-21(25)18-13-17(24(26)27)11-12-19(18)22/h2-13,20H,1H3,(H,23,25)/t20-/m0/s1. The van der Waals surface area contributed by atoms with Gasteiger partial charge in [0, 0.05) is 12.1 Å². The minimum absolute atomic E-state index is 0.0684. The molecule has 6 heteroatoms. The predicted molar refractivity (Wildman–Crippen MR) is 105 cm³/mol. The summed E-state index contributed by atoms with van der Waals surface area (Å²) in [6.07, 6.45) is 0. The van der Waals surface area contributed by atoms with Gasteiger partial charge in [0.2, 0.25) is 0 Å². The fourth-order valence-electron chi connectivity index (χ4n) is 2.77. The highest BCUT2D eigenvalue weighted by Gasteiger charge is 2.21. The molecule has 1 N–H and O–H groups in total. The number of non-ortho nitro benzene ring substituents is 1. The first-order chi connectivity index (χ1) is 13.0. The van der Waals surface area contributed by atoms with Gasteiger partial charge in [0.05, 0.1) is 21.6 Å². The number of hydrogen-bond acceptors (Lipinski definition) is 3. The molecular weight excluding hydrogens is 364 g/mol. The van der Waals surface area contributed by atoms with Crippen LogP contribution in [0, 0.1) is 17.0 Å². The van der Waals surface area contributed by atoms with Crippen molar-refractivity contribution in [1.82, 2.24) is 5.32 Å². The lowest BCUT2D eigenvalue weighted by atomic mass is 9.97. The number of hydrogen-bond donors (Lipinski definition) is 1. The lowest BCUT2D eigenvalue weighted by Crippen LogP contribution is -2.29. The summed E-state index contributed by atoms with van der Waals surface area (Å²) in [5.41, 5.74) is 2.80. The average Bonchev–Trinajstić information content (AvgIpc) is 2.67. The van der Waals surface area contributed by atoms with Crippen LogP contribution in [0.4, 0.5) is 5.69 Å². The first kappa shape index (κ1) is 18.6. The number of carbonyl (C=O) groups is 1. The minimum Gasteiger partial charge on any atom is -0.341 e. The fraction of sp³-hybridized carbons (Fsp3) is 0.0952. The van der Waals surface area contributed by atoms with Gasteiger partial charge in [0.1, 0.15) is 0 Å². The highest BCUT2D eigenvalue weighted by Crippen LogP contribution is 2.26. The van der Waals surface area contributed by atoms with Crippen molar-refractivity contribution < 1.29 is 9.72 Å². The summed E-state index contributed by atoms with van der Waals surface area (Å²) in [5, 5.41) is 14.1. The number of nitro groups is 1. The van der Waals surface area contributed by atoms with E-state index in [1.54, 1.807) is 0 Å². The number of benzene rings is 3. The topological polar surface area (TPSA) is 72.2 Å². The van der Waals surface area contributed by atoms with Gasteiger partial charge in [-0.25, -0.2) is 0 Å². The summed E-state index contributed by atoms with van der Waals surface area (Å²) < 4.78 is 0. The molecule has 0 bridgehead atoms. The van der Waals surface area contributed by atoms with Crippen LogP contribution >= 0.6 is 11.6 Å². The summed E-state index contributed by atoms with van der Waals surface area (Å²) in [6, 6.07) is 20.8. The Kier molecular flexibility index (Phi) is 5.52. The molecule has 5 nitrogen and oxygen atoms in total. The molecule has 0 spiro atoms. The Morgan fingerprint density at radius 2 is 1.63 bits per heavy atom. The smallest absolute Gasteiger partial charge is 0.270 e. The summed E-state index contributed by atoms with van der Waals surface area (Å²) in [7, 11) is 0. The molecule has 0 saturated carbocycles. The summed E-state index contributed by atoms with van der Waals surface area (Å²) >= 11 is 6.11. The summed E-state index contributed by atoms with van der Waals surface area (Å²) in [4.78, 5) is 23.3. The third-order valence-electron chi connectivity index (χ3n) is 4.22. The van der Waals surface area contributed by atoms with Crippen molar-refractivity contribution >= 4 is 23.2 Å². The largest absolute Gasteiger partial charge is 0.341 e. The van der Waals surface area contributed by atoms with Crippen LogP contribution < -0.4 is 5.32 Å². The number of aryl methyl sites for hydroxylation is 1. The maximum absolute atomic E-state index is 12.8. The van der Waals surface area contributed by atoms with Crippen molar-refractivity contribution in [3.8, 4) is 0 Å². The number of halogens is 1. The Morgan fingerprint density at radius 1 is 1.00 bits per heavy atom. The van der Waals surface area contributed by atoms with Crippen LogP contribution in [0.15, 0.2) is 72.8 Å². The molecule has 1 atom stereocenters. The zero-order valence-corrected chi connectivity index (χ0v) is 15.3. The second-order valence-corrected chi connectivity index (χ2v) is 6.56. The number of nitro benzene ring substituents is 1. The van der Waals surface area contributed by atoms with E-state index in [2.05, 4.69) is 5.32 Å². The Hall–Kier alpha value is -3.18. The number of carbonyl (C=O) groups excluding carboxylic acids is 1. The first-order valence-corrected chi connectivity index (χ1v) is 8.70. The molecule has 136 valence electrons. The van der Waals surface area contributed by atoms with E-state index >= 15 is 0 Å². The summed E-state index contributed by atoms with van der Waals surface area (Å²) in [5.74, 6) is -0.474. The van der Waals surface area contributed by atoms with Crippen molar-refractivity contribution in [2.75, 3.05) is 0 Å². The van der Waals surface area contributed by atoms with Gasteiger partial charge < -0.3 is 5.32 Å². The summed E-state index contributed by atoms with van der Waals surface area (Å²) in [6.45, 7) is 1.99. The number of nitrogens with one attached hydrogen (secondary N) is 1. The van der Waals surface area contributed by atoms with Crippen molar-refractivity contribution in [3.63, 3.8) is 0 Å². The molecule has 0 saturated heterocycles. The number of rotatable bonds is 5. The molecule has 0 aliphatic heterocycles. The molecule has 3 aromatic rings. The van der Waals surface area contributed by atoms with Gasteiger partial charge in [-0.05, 0) is 24.1 Å². The van der Waals surface area contributed by atoms with Crippen molar-refractivity contribution in [2.24, 2.45) is 0 Å². The quantitative estimate of drug-likeness (QED) is 0.495. The van der Waals surface area contributed by atoms with E-state index in [1.165, 1.54) is 18.2 Å². The first-order valence-electron chi connectivity index (χ1n) is 8.32. The molecule has 27 heavy (non-hydrogen) atoms. The van der Waals surface area contributed by atoms with Gasteiger partial charge in [-0.2, -0.15) is 0 Å². The van der Waals surface area contributed by atoms with E-state index in [0.717, 1.165) is 16.7 Å². The van der Waals surface area contributed by atoms with Crippen molar-refractivity contribution in [3.05, 3.63) is 110 Å². The van der Waals surface area contributed by atoms with E-state index in [-0.39, 0.29) is 16.3 Å². The van der Waals surface area contributed by atoms with Gasteiger partial charge >= 0.3 is 0 Å². The highest BCUT2D eigenvalue weighted by molar-refractivity contribution is 6.34. The molecule has 0 fully saturated rings. The Morgan fingerprint density at radius 3 is 2.26 bits per heavy atom. The van der Waals surface area contributed by atoms with Crippen LogP contribution in [-0.2, 0) is 0 Å². The van der Waals surface area contributed by atoms with E-state index in [0.29, 0.717) is 0 Å². The third-order valence-corrected chi connectivity index (χ3v) is 4.55. The monoisotopic (exact) mass is 380 g/mol. The Bertz CT molecular complexity index is 972. The lowest BCUT2D eigenvalue weighted by molar-refractivity contribution is -0.384. The SMILES string of the molecule is Cc1ccc([C@@H](NC(=O)c2cc([N+](=O)[O-])ccc2Cl)c2ccccc2)cc1. The molecule has 0 heterocycles. The molecule has 0 unspecified atom stereocenters. The Balaban J connectivity index is 1.97. The van der Waals surface area contributed by atoms with E-state index < -0.39 is 16.9 Å². The van der Waals surface area contributed by atoms with Crippen LogP contribution in [0.3, 0.4) is 0 Å². The van der Waals surface area contributed by atoms with E-state index in [1.807, 2.05) is 61.5 Å². The van der Waals surface area contributed by atoms with Gasteiger partial charge in [-0.15, -0.1) is 0 Å². The van der Waals surface area contributed by atoms with Crippen LogP contribution in [0.1, 0.15) is 33.1 Å². The van der Waals surface area contributed by atoms with Gasteiger partial charge in [0.15, 0.2) is 0 Å². The molecule has 3 rings (SSSR count). The van der Waals surface area contributed by atoms with Crippen LogP contribution in [-0.4, -0.2) is 10.8 Å². The molecule has 0 radical (unpaired) electrons. The molecule has 1 amide bonds. The highest BCUT2D eigenvalue weighted by atomic mass is 35.5. The van der Waals surface area contributed by atoms with Gasteiger partial charge in [0.25, 0.3) is 11.6 Å². The maximum atomic E-state index is 12.8. The third kappa shape index (κ3) is 4.33. The maximum Gasteiger partial charge on any atom is 0.270 e. The zero-order chi connectivity index (χ0) is 19.4. The molecule has 0 aromatic heterocycles. The second kappa shape index (κ2) is 8.01. The molecular formula is C21H17ClN2O3. The van der Waals surface area contributed by atoms with Crippen molar-refractivity contribution in [2.45, 2.75) is 13.0 Å². The molecule has 0 aliphatic rings. The minimum atomic E-state index is -0.554. The molecule has 3 aromatic carbocycles. The van der Waals surface area contributed by atoms with Crippen molar-refractivity contribution in [1.29, 1.82) is 0 Å². The number of nitrogens with zero attached hydrogens (tertiary/aromatic N) is 1. The lowest BCUT2D eigenvalue weighted by Gasteiger charge is -2.20. The normalized spacial score (nSPS) is 11.6. The van der Waals surface area contributed by atoms with Crippen LogP contribution in [0.5, 0.6) is 0 Å². The van der Waals surface area contributed by atoms with E-state index in [9.17, 15) is 14.9 Å². The zero-order valence-electron chi connectivity index (χ0n) is 14.6. The predicted octanol–water partition coefficient (Wildman–Crippen LogP) is 5.08. The second-order valence-electron chi connectivity index (χ2n) is 6.15. The fourth-order valence-corrected chi connectivity index (χ4v) is 2.98. The average molecular weight is 381 g/mol. The van der Waals surface area contributed by atoms with Gasteiger partial charge in [-0.1, -0.05) is 71.8 Å². The Labute approximate surface area is 161 Å². The van der Waals surface area contributed by atoms with E-state index in [4.69, 9.17) is 11.6 Å². The molecule has 0 aliphatic carbocycles.